The first kappa shape index (κ1) is 8.51. The summed E-state index contributed by atoms with van der Waals surface area (Å²) in [4.78, 5) is 4.23. The van der Waals surface area contributed by atoms with Gasteiger partial charge >= 0.3 is 0 Å². The van der Waals surface area contributed by atoms with Gasteiger partial charge in [-0.05, 0) is 25.8 Å². The molecular weight excluding hydrogens is 164 g/mol. The van der Waals surface area contributed by atoms with Gasteiger partial charge < -0.3 is 10.5 Å². The second-order valence-electron chi connectivity index (χ2n) is 3.63. The maximum absolute atomic E-state index is 6.13. The summed E-state index contributed by atoms with van der Waals surface area (Å²) in [5.41, 5.74) is 8.03. The molecule has 1 heterocycles. The zero-order chi connectivity index (χ0) is 9.47. The van der Waals surface area contributed by atoms with Crippen LogP contribution in [0.1, 0.15) is 24.1 Å². The summed E-state index contributed by atoms with van der Waals surface area (Å²) in [6.07, 6.45) is 3.83. The molecular formula is C10H14N2O. The minimum atomic E-state index is -0.163. The monoisotopic (exact) mass is 178 g/mol. The van der Waals surface area contributed by atoms with Crippen LogP contribution in [0.2, 0.25) is 0 Å². The highest BCUT2D eigenvalue weighted by atomic mass is 16.5. The van der Waals surface area contributed by atoms with Gasteiger partial charge in [-0.1, -0.05) is 0 Å². The quantitative estimate of drug-likeness (QED) is 0.743. The molecule has 2 N–H and O–H groups in total. The fourth-order valence-electron chi connectivity index (χ4n) is 1.70. The highest BCUT2D eigenvalue weighted by molar-refractivity contribution is 5.44. The maximum atomic E-state index is 6.13. The molecule has 0 bridgehead atoms. The molecule has 0 aliphatic heterocycles. The molecule has 0 aromatic carbocycles. The van der Waals surface area contributed by atoms with Crippen molar-refractivity contribution in [1.29, 1.82) is 0 Å². The number of pyridine rings is 1. The van der Waals surface area contributed by atoms with Crippen molar-refractivity contribution >= 4 is 0 Å². The molecule has 13 heavy (non-hydrogen) atoms. The summed E-state index contributed by atoms with van der Waals surface area (Å²) in [7, 11) is 1.67. The molecule has 0 amide bonds. The molecule has 0 unspecified atom stereocenters. The number of hydrogen-bond acceptors (Lipinski definition) is 3. The Morgan fingerprint density at radius 1 is 1.54 bits per heavy atom. The van der Waals surface area contributed by atoms with Gasteiger partial charge in [0.1, 0.15) is 5.75 Å². The van der Waals surface area contributed by atoms with Crippen LogP contribution in [0.25, 0.3) is 0 Å². The molecule has 1 saturated carbocycles. The molecule has 1 aliphatic rings. The van der Waals surface area contributed by atoms with Crippen LogP contribution in [0.5, 0.6) is 5.75 Å². The Morgan fingerprint density at radius 2 is 2.23 bits per heavy atom. The molecule has 0 atom stereocenters. The molecule has 1 aromatic heterocycles. The lowest BCUT2D eigenvalue weighted by Crippen LogP contribution is -2.21. The van der Waals surface area contributed by atoms with Gasteiger partial charge in [0.25, 0.3) is 0 Å². The molecule has 1 fully saturated rings. The van der Waals surface area contributed by atoms with Crippen molar-refractivity contribution in [3.05, 3.63) is 23.5 Å². The first-order valence-corrected chi connectivity index (χ1v) is 4.46. The predicted molar refractivity (Wildman–Crippen MR) is 50.6 cm³/mol. The van der Waals surface area contributed by atoms with E-state index in [9.17, 15) is 0 Å². The number of aryl methyl sites for hydroxylation is 1. The zero-order valence-electron chi connectivity index (χ0n) is 8.00. The summed E-state index contributed by atoms with van der Waals surface area (Å²) in [5, 5.41) is 0. The highest BCUT2D eigenvalue weighted by Gasteiger charge is 2.43. The van der Waals surface area contributed by atoms with E-state index < -0.39 is 0 Å². The lowest BCUT2D eigenvalue weighted by molar-refractivity contribution is 0.402. The van der Waals surface area contributed by atoms with E-state index in [0.29, 0.717) is 0 Å². The van der Waals surface area contributed by atoms with E-state index in [-0.39, 0.29) is 5.54 Å². The van der Waals surface area contributed by atoms with Crippen molar-refractivity contribution in [2.24, 2.45) is 5.73 Å². The summed E-state index contributed by atoms with van der Waals surface area (Å²) >= 11 is 0. The SMILES string of the molecule is COc1ccnc(C)c1C1(N)CC1. The van der Waals surface area contributed by atoms with Crippen LogP contribution in [0.3, 0.4) is 0 Å². The van der Waals surface area contributed by atoms with E-state index in [0.717, 1.165) is 29.8 Å². The number of aromatic nitrogens is 1. The minimum Gasteiger partial charge on any atom is -0.496 e. The van der Waals surface area contributed by atoms with Crippen LogP contribution in [-0.2, 0) is 5.54 Å². The minimum absolute atomic E-state index is 0.163. The molecule has 1 aromatic rings. The van der Waals surface area contributed by atoms with Crippen molar-refractivity contribution < 1.29 is 4.74 Å². The Morgan fingerprint density at radius 3 is 2.77 bits per heavy atom. The number of methoxy groups -OCH3 is 1. The topological polar surface area (TPSA) is 48.1 Å². The van der Waals surface area contributed by atoms with E-state index in [1.165, 1.54) is 0 Å². The second-order valence-corrected chi connectivity index (χ2v) is 3.63. The number of ether oxygens (including phenoxy) is 1. The fraction of sp³-hybridized carbons (Fsp3) is 0.500. The molecule has 2 rings (SSSR count). The average Bonchev–Trinajstić information content (AvgIpc) is 2.84. The van der Waals surface area contributed by atoms with E-state index in [4.69, 9.17) is 10.5 Å². The van der Waals surface area contributed by atoms with Gasteiger partial charge in [0, 0.05) is 23.0 Å². The van der Waals surface area contributed by atoms with Gasteiger partial charge in [0.05, 0.1) is 7.11 Å². The van der Waals surface area contributed by atoms with Crippen LogP contribution in [0.15, 0.2) is 12.3 Å². The predicted octanol–water partition coefficient (Wildman–Crippen LogP) is 1.35. The summed E-state index contributed by atoms with van der Waals surface area (Å²) in [5.74, 6) is 0.868. The summed E-state index contributed by atoms with van der Waals surface area (Å²) < 4.78 is 5.27. The van der Waals surface area contributed by atoms with Crippen LogP contribution in [0, 0.1) is 6.92 Å². The lowest BCUT2D eigenvalue weighted by Gasteiger charge is -2.15. The Balaban J connectivity index is 2.52. The first-order chi connectivity index (χ1) is 6.17. The smallest absolute Gasteiger partial charge is 0.127 e. The van der Waals surface area contributed by atoms with Crippen molar-refractivity contribution in [2.45, 2.75) is 25.3 Å². The van der Waals surface area contributed by atoms with Crippen molar-refractivity contribution in [2.75, 3.05) is 7.11 Å². The Kier molecular flexibility index (Phi) is 1.77. The molecule has 0 saturated heterocycles. The van der Waals surface area contributed by atoms with Gasteiger partial charge in [0.2, 0.25) is 0 Å². The van der Waals surface area contributed by atoms with E-state index in [2.05, 4.69) is 4.98 Å². The van der Waals surface area contributed by atoms with Crippen LogP contribution in [-0.4, -0.2) is 12.1 Å². The second kappa shape index (κ2) is 2.70. The third kappa shape index (κ3) is 1.29. The lowest BCUT2D eigenvalue weighted by atomic mass is 10.0. The molecule has 1 aliphatic carbocycles. The van der Waals surface area contributed by atoms with Crippen LogP contribution < -0.4 is 10.5 Å². The van der Waals surface area contributed by atoms with Crippen LogP contribution in [0.4, 0.5) is 0 Å². The first-order valence-electron chi connectivity index (χ1n) is 4.46. The molecule has 0 radical (unpaired) electrons. The number of rotatable bonds is 2. The van der Waals surface area contributed by atoms with E-state index in [1.54, 1.807) is 13.3 Å². The standard InChI is InChI=1S/C10H14N2O/c1-7-9(10(11)4-5-10)8(13-2)3-6-12-7/h3,6H,4-5,11H2,1-2H3. The van der Waals surface area contributed by atoms with E-state index in [1.807, 2.05) is 13.0 Å². The molecule has 70 valence electrons. The van der Waals surface area contributed by atoms with Gasteiger partial charge in [0.15, 0.2) is 0 Å². The Labute approximate surface area is 77.9 Å². The number of nitrogens with two attached hydrogens (primary N) is 1. The van der Waals surface area contributed by atoms with E-state index >= 15 is 0 Å². The van der Waals surface area contributed by atoms with Crippen molar-refractivity contribution in [3.8, 4) is 5.75 Å². The van der Waals surface area contributed by atoms with Crippen molar-refractivity contribution in [3.63, 3.8) is 0 Å². The molecule has 3 nitrogen and oxygen atoms in total. The normalized spacial score (nSPS) is 18.4. The largest absolute Gasteiger partial charge is 0.496 e. The number of hydrogen-bond donors (Lipinski definition) is 1. The Bertz CT molecular complexity index is 332. The zero-order valence-corrected chi connectivity index (χ0v) is 8.00. The fourth-order valence-corrected chi connectivity index (χ4v) is 1.70. The average molecular weight is 178 g/mol. The van der Waals surface area contributed by atoms with Crippen molar-refractivity contribution in [1.82, 2.24) is 4.98 Å². The number of nitrogens with zero attached hydrogens (tertiary/aromatic N) is 1. The van der Waals surface area contributed by atoms with Gasteiger partial charge in [-0.2, -0.15) is 0 Å². The molecule has 0 spiro atoms. The highest BCUT2D eigenvalue weighted by Crippen LogP contribution is 2.47. The molecule has 3 heteroatoms. The summed E-state index contributed by atoms with van der Waals surface area (Å²) in [6, 6.07) is 1.87. The summed E-state index contributed by atoms with van der Waals surface area (Å²) in [6.45, 7) is 1.98. The van der Waals surface area contributed by atoms with Crippen LogP contribution >= 0.6 is 0 Å². The van der Waals surface area contributed by atoms with Gasteiger partial charge in [-0.3, -0.25) is 4.98 Å². The third-order valence-electron chi connectivity index (χ3n) is 2.61. The Hall–Kier alpha value is -1.09. The third-order valence-corrected chi connectivity index (χ3v) is 2.61. The van der Waals surface area contributed by atoms with Gasteiger partial charge in [-0.25, -0.2) is 0 Å². The van der Waals surface area contributed by atoms with Gasteiger partial charge in [-0.15, -0.1) is 0 Å². The maximum Gasteiger partial charge on any atom is 0.127 e.